The van der Waals surface area contributed by atoms with Crippen molar-refractivity contribution in [1.82, 2.24) is 4.90 Å². The maximum Gasteiger partial charge on any atom is 0.294 e. The first kappa shape index (κ1) is 18.2. The van der Waals surface area contributed by atoms with Gasteiger partial charge in [-0.15, -0.1) is 20.2 Å². The van der Waals surface area contributed by atoms with Crippen molar-refractivity contribution in [3.8, 4) is 0 Å². The second kappa shape index (κ2) is 7.63. The Morgan fingerprint density at radius 1 is 1.04 bits per heavy atom. The summed E-state index contributed by atoms with van der Waals surface area (Å²) < 4.78 is 0. The van der Waals surface area contributed by atoms with Gasteiger partial charge in [0.25, 0.3) is 10.2 Å². The van der Waals surface area contributed by atoms with Crippen molar-refractivity contribution in [3.63, 3.8) is 0 Å². The molecule has 1 aliphatic heterocycles. The third-order valence-electron chi connectivity index (χ3n) is 5.03. The zero-order valence-electron chi connectivity index (χ0n) is 13.8. The van der Waals surface area contributed by atoms with Gasteiger partial charge in [-0.3, -0.25) is 4.79 Å². The number of likely N-dealkylation sites (tertiary alicyclic amines) is 1. The maximum absolute atomic E-state index is 12.6. The molecule has 0 unspecified atom stereocenters. The van der Waals surface area contributed by atoms with Crippen LogP contribution in [0.15, 0.2) is 0 Å². The average Bonchev–Trinajstić information content (AvgIpc) is 2.88. The van der Waals surface area contributed by atoms with E-state index in [-0.39, 0.29) is 18.7 Å². The number of nitrogens with zero attached hydrogens (tertiary/aromatic N) is 3. The second-order valence-corrected chi connectivity index (χ2v) is 6.81. The number of hydrogen-bond acceptors (Lipinski definition) is 7. The molecule has 0 spiro atoms. The zero-order valence-corrected chi connectivity index (χ0v) is 13.8. The van der Waals surface area contributed by atoms with Crippen LogP contribution in [0.25, 0.3) is 0 Å². The quantitative estimate of drug-likeness (QED) is 0.527. The van der Waals surface area contributed by atoms with Crippen LogP contribution in [0.5, 0.6) is 0 Å². The normalized spacial score (nSPS) is 28.0. The topological polar surface area (TPSA) is 125 Å². The van der Waals surface area contributed by atoms with E-state index >= 15 is 0 Å². The molecule has 0 bridgehead atoms. The minimum Gasteiger partial charge on any atom is -0.342 e. The first-order valence-electron chi connectivity index (χ1n) is 8.19. The highest BCUT2D eigenvalue weighted by molar-refractivity contribution is 5.79. The largest absolute Gasteiger partial charge is 0.342 e. The summed E-state index contributed by atoms with van der Waals surface area (Å²) in [5.74, 6) is 0.498. The van der Waals surface area contributed by atoms with Crippen molar-refractivity contribution < 1.29 is 24.6 Å². The van der Waals surface area contributed by atoms with Gasteiger partial charge in [0.1, 0.15) is 12.2 Å². The van der Waals surface area contributed by atoms with E-state index in [1.807, 2.05) is 0 Å². The van der Waals surface area contributed by atoms with Gasteiger partial charge in [0.2, 0.25) is 5.91 Å². The van der Waals surface area contributed by atoms with E-state index < -0.39 is 28.3 Å². The third kappa shape index (κ3) is 4.45. The highest BCUT2D eigenvalue weighted by Crippen LogP contribution is 2.34. The number of carbonyl (C=O) groups excluding carboxylic acids is 1. The first-order valence-corrected chi connectivity index (χ1v) is 8.19. The molecule has 10 heteroatoms. The maximum atomic E-state index is 12.6. The number of piperidine rings is 1. The molecule has 10 nitrogen and oxygen atoms in total. The van der Waals surface area contributed by atoms with E-state index in [4.69, 9.17) is 0 Å². The summed E-state index contributed by atoms with van der Waals surface area (Å²) in [7, 11) is 0. The Morgan fingerprint density at radius 3 is 1.88 bits per heavy atom. The highest BCUT2D eigenvalue weighted by Gasteiger charge is 2.44. The predicted molar refractivity (Wildman–Crippen MR) is 80.6 cm³/mol. The van der Waals surface area contributed by atoms with E-state index in [1.165, 1.54) is 0 Å². The SMILES string of the molecule is CC(C)C1CCN(C(=O)[C@@H]2C[C@H](O[N+](=O)[O-])[C@H](O[N+](=O)[O-])C2)CC1. The lowest BCUT2D eigenvalue weighted by Gasteiger charge is -2.35. The lowest BCUT2D eigenvalue weighted by molar-refractivity contribution is -0.797. The molecule has 3 atom stereocenters. The summed E-state index contributed by atoms with van der Waals surface area (Å²) in [6, 6.07) is 0. The van der Waals surface area contributed by atoms with E-state index in [1.54, 1.807) is 4.90 Å². The molecule has 1 saturated carbocycles. The van der Waals surface area contributed by atoms with Crippen LogP contribution in [-0.2, 0) is 14.5 Å². The Kier molecular flexibility index (Phi) is 5.79. The molecule has 136 valence electrons. The van der Waals surface area contributed by atoms with E-state index in [0.29, 0.717) is 24.9 Å². The van der Waals surface area contributed by atoms with Crippen molar-refractivity contribution in [2.75, 3.05) is 13.1 Å². The standard InChI is InChI=1S/C14H23N3O7/c1-9(2)10-3-5-15(6-4-10)14(18)11-7-12(23-16(19)20)13(8-11)24-17(21)22/h9-13H,3-8H2,1-2H3/t11-,12+,13-. The Labute approximate surface area is 139 Å². The van der Waals surface area contributed by atoms with Crippen LogP contribution in [0, 0.1) is 38.0 Å². The fourth-order valence-corrected chi connectivity index (χ4v) is 3.65. The van der Waals surface area contributed by atoms with Crippen molar-refractivity contribution in [2.45, 2.75) is 51.7 Å². The number of hydrogen-bond donors (Lipinski definition) is 0. The van der Waals surface area contributed by atoms with Gasteiger partial charge in [-0.05, 0) is 37.5 Å². The molecule has 0 N–H and O–H groups in total. The molecule has 2 rings (SSSR count). The third-order valence-corrected chi connectivity index (χ3v) is 5.03. The van der Waals surface area contributed by atoms with E-state index in [2.05, 4.69) is 23.5 Å². The van der Waals surface area contributed by atoms with Crippen LogP contribution in [0.3, 0.4) is 0 Å². The molecule has 24 heavy (non-hydrogen) atoms. The zero-order chi connectivity index (χ0) is 17.9. The smallest absolute Gasteiger partial charge is 0.294 e. The minimum atomic E-state index is -1.09. The van der Waals surface area contributed by atoms with Crippen LogP contribution in [0.4, 0.5) is 0 Å². The molecule has 1 saturated heterocycles. The molecular formula is C14H23N3O7. The van der Waals surface area contributed by atoms with Gasteiger partial charge >= 0.3 is 0 Å². The monoisotopic (exact) mass is 345 g/mol. The van der Waals surface area contributed by atoms with Crippen LogP contribution in [0.2, 0.25) is 0 Å². The molecule has 2 fully saturated rings. The molecular weight excluding hydrogens is 322 g/mol. The fraction of sp³-hybridized carbons (Fsp3) is 0.929. The molecule has 0 radical (unpaired) electrons. The van der Waals surface area contributed by atoms with Crippen molar-refractivity contribution in [1.29, 1.82) is 0 Å². The highest BCUT2D eigenvalue weighted by atomic mass is 17.0. The molecule has 0 aromatic rings. The van der Waals surface area contributed by atoms with Crippen molar-refractivity contribution >= 4 is 5.91 Å². The Morgan fingerprint density at radius 2 is 1.50 bits per heavy atom. The molecule has 0 aromatic carbocycles. The van der Waals surface area contributed by atoms with Gasteiger partial charge in [0.15, 0.2) is 0 Å². The van der Waals surface area contributed by atoms with Gasteiger partial charge in [-0.1, -0.05) is 13.8 Å². The Bertz CT molecular complexity index is 467. The Balaban J connectivity index is 1.95. The minimum absolute atomic E-state index is 0.0580. The molecule has 2 aliphatic rings. The van der Waals surface area contributed by atoms with Gasteiger partial charge in [-0.25, -0.2) is 0 Å². The van der Waals surface area contributed by atoms with Crippen LogP contribution < -0.4 is 0 Å². The lowest BCUT2D eigenvalue weighted by atomic mass is 9.86. The molecule has 0 aromatic heterocycles. The summed E-state index contributed by atoms with van der Waals surface area (Å²) in [4.78, 5) is 44.3. The fourth-order valence-electron chi connectivity index (χ4n) is 3.65. The van der Waals surface area contributed by atoms with Gasteiger partial charge < -0.3 is 14.6 Å². The summed E-state index contributed by atoms with van der Waals surface area (Å²) in [6.07, 6.45) is -0.204. The number of carbonyl (C=O) groups is 1. The van der Waals surface area contributed by atoms with Crippen LogP contribution in [-0.4, -0.2) is 46.3 Å². The molecule has 1 amide bonds. The summed E-state index contributed by atoms with van der Waals surface area (Å²) in [5.41, 5.74) is 0. The van der Waals surface area contributed by atoms with Crippen LogP contribution >= 0.6 is 0 Å². The van der Waals surface area contributed by atoms with E-state index in [9.17, 15) is 25.0 Å². The van der Waals surface area contributed by atoms with Gasteiger partial charge in [-0.2, -0.15) is 0 Å². The summed E-state index contributed by atoms with van der Waals surface area (Å²) in [5, 5.41) is 19.1. The van der Waals surface area contributed by atoms with Gasteiger partial charge in [0.05, 0.1) is 0 Å². The molecule has 1 heterocycles. The average molecular weight is 345 g/mol. The molecule has 1 aliphatic carbocycles. The predicted octanol–water partition coefficient (Wildman–Crippen LogP) is 1.44. The second-order valence-electron chi connectivity index (χ2n) is 6.81. The lowest BCUT2D eigenvalue weighted by Crippen LogP contribution is -2.42. The van der Waals surface area contributed by atoms with E-state index in [0.717, 1.165) is 12.8 Å². The van der Waals surface area contributed by atoms with Crippen molar-refractivity contribution in [3.05, 3.63) is 20.2 Å². The summed E-state index contributed by atoms with van der Waals surface area (Å²) >= 11 is 0. The summed E-state index contributed by atoms with van der Waals surface area (Å²) in [6.45, 7) is 5.63. The van der Waals surface area contributed by atoms with Gasteiger partial charge in [0, 0.05) is 19.0 Å². The number of rotatable bonds is 6. The van der Waals surface area contributed by atoms with Crippen LogP contribution in [0.1, 0.15) is 39.5 Å². The number of amides is 1. The Hall–Kier alpha value is -2.13. The van der Waals surface area contributed by atoms with Crippen molar-refractivity contribution in [2.24, 2.45) is 17.8 Å². The first-order chi connectivity index (χ1) is 11.3.